The number of likely N-dealkylation sites (tertiary alicyclic amines) is 1. The van der Waals surface area contributed by atoms with E-state index in [0.717, 1.165) is 30.1 Å². The van der Waals surface area contributed by atoms with Gasteiger partial charge in [0.1, 0.15) is 11.9 Å². The minimum absolute atomic E-state index is 0.186. The predicted octanol–water partition coefficient (Wildman–Crippen LogP) is 1.37. The Morgan fingerprint density at radius 1 is 1.29 bits per heavy atom. The summed E-state index contributed by atoms with van der Waals surface area (Å²) in [5, 5.41) is 4.43. The first-order valence-corrected chi connectivity index (χ1v) is 6.90. The fourth-order valence-electron chi connectivity index (χ4n) is 2.50. The molecule has 1 aliphatic heterocycles. The lowest BCUT2D eigenvalue weighted by atomic mass is 10.1. The van der Waals surface area contributed by atoms with Crippen molar-refractivity contribution in [3.63, 3.8) is 0 Å². The lowest BCUT2D eigenvalue weighted by Gasteiger charge is -2.36. The van der Waals surface area contributed by atoms with E-state index in [0.29, 0.717) is 11.6 Å². The first-order chi connectivity index (χ1) is 10.1. The van der Waals surface area contributed by atoms with Crippen LogP contribution in [0.5, 0.6) is 11.5 Å². The van der Waals surface area contributed by atoms with Gasteiger partial charge in [-0.1, -0.05) is 6.07 Å². The van der Waals surface area contributed by atoms with Crippen molar-refractivity contribution in [1.29, 1.82) is 0 Å². The molecule has 0 spiro atoms. The van der Waals surface area contributed by atoms with E-state index in [9.17, 15) is 0 Å². The molecule has 1 aliphatic rings. The highest BCUT2D eigenvalue weighted by atomic mass is 16.5. The van der Waals surface area contributed by atoms with Gasteiger partial charge in [-0.05, 0) is 19.2 Å². The number of aryl methyl sites for hydroxylation is 1. The van der Waals surface area contributed by atoms with Crippen molar-refractivity contribution in [1.82, 2.24) is 14.7 Å². The molecule has 1 aromatic heterocycles. The molecular weight excluding hydrogens is 268 g/mol. The summed E-state index contributed by atoms with van der Waals surface area (Å²) < 4.78 is 13.2. The molecule has 1 aromatic carbocycles. The zero-order valence-corrected chi connectivity index (χ0v) is 12.5. The van der Waals surface area contributed by atoms with Crippen molar-refractivity contribution in [3.05, 3.63) is 24.3 Å². The van der Waals surface area contributed by atoms with Gasteiger partial charge in [-0.2, -0.15) is 5.10 Å². The molecule has 0 unspecified atom stereocenters. The first kappa shape index (κ1) is 13.8. The molecule has 1 fully saturated rings. The highest BCUT2D eigenvalue weighted by Crippen LogP contribution is 2.39. The molecule has 0 bridgehead atoms. The monoisotopic (exact) mass is 288 g/mol. The van der Waals surface area contributed by atoms with Crippen molar-refractivity contribution >= 4 is 5.82 Å². The van der Waals surface area contributed by atoms with Crippen LogP contribution in [0.2, 0.25) is 0 Å². The number of benzene rings is 1. The molecule has 0 amide bonds. The zero-order valence-electron chi connectivity index (χ0n) is 12.5. The number of hydrogen-bond acceptors (Lipinski definition) is 5. The summed E-state index contributed by atoms with van der Waals surface area (Å²) in [6.45, 7) is 1.84. The Hall–Kier alpha value is -2.21. The maximum atomic E-state index is 6.12. The number of nitrogens with two attached hydrogens (primary N) is 1. The van der Waals surface area contributed by atoms with E-state index in [1.807, 2.05) is 31.3 Å². The molecule has 3 rings (SSSR count). The number of nitrogen functional groups attached to an aromatic ring is 1. The molecule has 6 nitrogen and oxygen atoms in total. The highest BCUT2D eigenvalue weighted by Gasteiger charge is 2.27. The summed E-state index contributed by atoms with van der Waals surface area (Å²) >= 11 is 0. The van der Waals surface area contributed by atoms with Crippen LogP contribution in [0.25, 0.3) is 11.3 Å². The Kier molecular flexibility index (Phi) is 3.47. The average molecular weight is 288 g/mol. The molecule has 0 saturated carbocycles. The van der Waals surface area contributed by atoms with E-state index in [-0.39, 0.29) is 6.10 Å². The number of ether oxygens (including phenoxy) is 2. The van der Waals surface area contributed by atoms with Gasteiger partial charge in [0.25, 0.3) is 0 Å². The normalized spacial score (nSPS) is 15.8. The molecule has 0 aliphatic carbocycles. The molecule has 2 aromatic rings. The standard InChI is InChI=1S/C15H20N4O2/c1-18-8-10(9-18)21-15-11(5-4-6-13(15)20-3)12-7-14(16)19(2)17-12/h4-7,10H,8-9,16H2,1-3H3. The van der Waals surface area contributed by atoms with Gasteiger partial charge in [0.2, 0.25) is 0 Å². The lowest BCUT2D eigenvalue weighted by molar-refractivity contribution is 0.0374. The van der Waals surface area contributed by atoms with Gasteiger partial charge in [0.05, 0.1) is 12.8 Å². The van der Waals surface area contributed by atoms with Gasteiger partial charge in [0, 0.05) is 31.8 Å². The van der Waals surface area contributed by atoms with Gasteiger partial charge >= 0.3 is 0 Å². The van der Waals surface area contributed by atoms with Crippen molar-refractivity contribution in [2.45, 2.75) is 6.10 Å². The topological polar surface area (TPSA) is 65.5 Å². The van der Waals surface area contributed by atoms with E-state index < -0.39 is 0 Å². The Labute approximate surface area is 124 Å². The quantitative estimate of drug-likeness (QED) is 0.920. The second-order valence-electron chi connectivity index (χ2n) is 5.38. The molecule has 112 valence electrons. The summed E-state index contributed by atoms with van der Waals surface area (Å²) in [6, 6.07) is 7.64. The summed E-state index contributed by atoms with van der Waals surface area (Å²) in [5.74, 6) is 2.06. The molecule has 1 saturated heterocycles. The number of nitrogens with zero attached hydrogens (tertiary/aromatic N) is 3. The van der Waals surface area contributed by atoms with Gasteiger partial charge in [-0.25, -0.2) is 0 Å². The van der Waals surface area contributed by atoms with Gasteiger partial charge in [-0.3, -0.25) is 9.58 Å². The Bertz CT molecular complexity index is 628. The smallest absolute Gasteiger partial charge is 0.171 e. The van der Waals surface area contributed by atoms with Crippen LogP contribution in [0.4, 0.5) is 5.82 Å². The number of hydrogen-bond donors (Lipinski definition) is 1. The number of anilines is 1. The molecule has 21 heavy (non-hydrogen) atoms. The second-order valence-corrected chi connectivity index (χ2v) is 5.38. The fraction of sp³-hybridized carbons (Fsp3) is 0.400. The van der Waals surface area contributed by atoms with E-state index in [1.165, 1.54) is 0 Å². The Balaban J connectivity index is 1.98. The fourth-order valence-corrected chi connectivity index (χ4v) is 2.50. The third-order valence-electron chi connectivity index (χ3n) is 3.71. The van der Waals surface area contributed by atoms with E-state index in [4.69, 9.17) is 15.2 Å². The lowest BCUT2D eigenvalue weighted by Crippen LogP contribution is -2.51. The van der Waals surface area contributed by atoms with Crippen LogP contribution in [0, 0.1) is 0 Å². The number of likely N-dealkylation sites (N-methyl/N-ethyl adjacent to an activating group) is 1. The molecule has 2 heterocycles. The van der Waals surface area contributed by atoms with E-state index in [1.54, 1.807) is 11.8 Å². The van der Waals surface area contributed by atoms with Gasteiger partial charge in [0.15, 0.2) is 11.5 Å². The van der Waals surface area contributed by atoms with Crippen molar-refractivity contribution < 1.29 is 9.47 Å². The maximum absolute atomic E-state index is 6.12. The maximum Gasteiger partial charge on any atom is 0.171 e. The molecule has 2 N–H and O–H groups in total. The van der Waals surface area contributed by atoms with Crippen LogP contribution in [0.1, 0.15) is 0 Å². The third-order valence-corrected chi connectivity index (χ3v) is 3.71. The number of methoxy groups -OCH3 is 1. The van der Waals surface area contributed by atoms with Gasteiger partial charge < -0.3 is 15.2 Å². The van der Waals surface area contributed by atoms with Crippen LogP contribution < -0.4 is 15.2 Å². The molecule has 0 radical (unpaired) electrons. The zero-order chi connectivity index (χ0) is 15.0. The van der Waals surface area contributed by atoms with Crippen LogP contribution in [0.3, 0.4) is 0 Å². The van der Waals surface area contributed by atoms with Crippen LogP contribution >= 0.6 is 0 Å². The summed E-state index contributed by atoms with van der Waals surface area (Å²) in [7, 11) is 5.54. The van der Waals surface area contributed by atoms with Crippen molar-refractivity contribution in [2.75, 3.05) is 33.0 Å². The summed E-state index contributed by atoms with van der Waals surface area (Å²) in [5.41, 5.74) is 7.56. The number of rotatable bonds is 4. The highest BCUT2D eigenvalue weighted by molar-refractivity contribution is 5.72. The first-order valence-electron chi connectivity index (χ1n) is 6.90. The van der Waals surface area contributed by atoms with E-state index >= 15 is 0 Å². The minimum atomic E-state index is 0.186. The van der Waals surface area contributed by atoms with E-state index in [2.05, 4.69) is 17.0 Å². The van der Waals surface area contributed by atoms with Crippen molar-refractivity contribution in [3.8, 4) is 22.8 Å². The Morgan fingerprint density at radius 3 is 2.62 bits per heavy atom. The number of aromatic nitrogens is 2. The van der Waals surface area contributed by atoms with Crippen LogP contribution in [0.15, 0.2) is 24.3 Å². The number of para-hydroxylation sites is 1. The SMILES string of the molecule is COc1cccc(-c2cc(N)n(C)n2)c1OC1CN(C)C1. The largest absolute Gasteiger partial charge is 0.493 e. The van der Waals surface area contributed by atoms with Crippen molar-refractivity contribution in [2.24, 2.45) is 7.05 Å². The second kappa shape index (κ2) is 5.29. The van der Waals surface area contributed by atoms with Crippen LogP contribution in [-0.2, 0) is 7.05 Å². The third kappa shape index (κ3) is 2.54. The molecule has 0 atom stereocenters. The van der Waals surface area contributed by atoms with Crippen LogP contribution in [-0.4, -0.2) is 48.0 Å². The summed E-state index contributed by atoms with van der Waals surface area (Å²) in [4.78, 5) is 2.21. The minimum Gasteiger partial charge on any atom is -0.493 e. The van der Waals surface area contributed by atoms with Gasteiger partial charge in [-0.15, -0.1) is 0 Å². The predicted molar refractivity (Wildman–Crippen MR) is 81.5 cm³/mol. The molecule has 6 heteroatoms. The average Bonchev–Trinajstić information content (AvgIpc) is 2.77. The Morgan fingerprint density at radius 2 is 2.05 bits per heavy atom. The summed E-state index contributed by atoms with van der Waals surface area (Å²) in [6.07, 6.45) is 0.186. The molecular formula is C15H20N4O2.